The van der Waals surface area contributed by atoms with Gasteiger partial charge in [0.1, 0.15) is 5.67 Å². The molecule has 0 bridgehead atoms. The third-order valence-corrected chi connectivity index (χ3v) is 9.19. The standard InChI is InChI=1S/C32H44ClFN2O/c1-23-10-8-15-28(30(23)25-11-6-5-7-12-25)31(24(2)37)36(4)19-16-29(26-13-9-14-27(33)22-26)32(34)17-20-35(3)21-18-32/h8-10,13-15,22,25,29,31H,5-7,11-12,16-21H2,1-4H3. The van der Waals surface area contributed by atoms with E-state index in [0.29, 0.717) is 36.7 Å². The molecular weight excluding hydrogens is 483 g/mol. The number of ketones is 1. The molecule has 2 aromatic rings. The highest BCUT2D eigenvalue weighted by Gasteiger charge is 2.42. The molecule has 0 aromatic heterocycles. The predicted octanol–water partition coefficient (Wildman–Crippen LogP) is 7.87. The van der Waals surface area contributed by atoms with Crippen molar-refractivity contribution in [3.63, 3.8) is 0 Å². The van der Waals surface area contributed by atoms with E-state index in [9.17, 15) is 4.79 Å². The number of Topliss-reactive ketones (excluding diaryl/α,β-unsaturated/α-hetero) is 1. The van der Waals surface area contributed by atoms with Gasteiger partial charge in [0, 0.05) is 24.0 Å². The van der Waals surface area contributed by atoms with E-state index in [1.165, 1.54) is 43.2 Å². The number of aryl methyl sites for hydroxylation is 1. The molecule has 2 fully saturated rings. The average molecular weight is 527 g/mol. The fourth-order valence-electron chi connectivity index (χ4n) is 6.91. The summed E-state index contributed by atoms with van der Waals surface area (Å²) in [5, 5.41) is 0.644. The summed E-state index contributed by atoms with van der Waals surface area (Å²) in [7, 11) is 4.10. The number of alkyl halides is 1. The number of hydrogen-bond donors (Lipinski definition) is 0. The second kappa shape index (κ2) is 12.4. The zero-order chi connectivity index (χ0) is 26.6. The van der Waals surface area contributed by atoms with E-state index in [0.717, 1.165) is 24.2 Å². The van der Waals surface area contributed by atoms with Gasteiger partial charge in [-0.15, -0.1) is 0 Å². The molecule has 3 nitrogen and oxygen atoms in total. The molecule has 1 aliphatic heterocycles. The Hall–Kier alpha value is -1.75. The first-order chi connectivity index (χ1) is 17.7. The highest BCUT2D eigenvalue weighted by atomic mass is 35.5. The quantitative estimate of drug-likeness (QED) is 0.332. The molecule has 202 valence electrons. The maximum Gasteiger partial charge on any atom is 0.151 e. The smallest absolute Gasteiger partial charge is 0.151 e. The first-order valence-electron chi connectivity index (χ1n) is 14.1. The van der Waals surface area contributed by atoms with Crippen LogP contribution in [0.2, 0.25) is 5.02 Å². The van der Waals surface area contributed by atoms with Crippen molar-refractivity contribution in [3.8, 4) is 0 Å². The predicted molar refractivity (Wildman–Crippen MR) is 152 cm³/mol. The van der Waals surface area contributed by atoms with E-state index in [1.807, 2.05) is 31.3 Å². The molecule has 1 saturated carbocycles. The lowest BCUT2D eigenvalue weighted by Crippen LogP contribution is -2.44. The molecule has 4 rings (SSSR count). The molecule has 0 spiro atoms. The van der Waals surface area contributed by atoms with Gasteiger partial charge in [0.05, 0.1) is 6.04 Å². The largest absolute Gasteiger partial charge is 0.306 e. The van der Waals surface area contributed by atoms with Crippen molar-refractivity contribution >= 4 is 17.4 Å². The molecule has 5 heteroatoms. The van der Waals surface area contributed by atoms with Gasteiger partial charge in [-0.25, -0.2) is 4.39 Å². The average Bonchev–Trinajstić information content (AvgIpc) is 2.87. The minimum Gasteiger partial charge on any atom is -0.306 e. The Balaban J connectivity index is 1.60. The normalized spacial score (nSPS) is 20.6. The van der Waals surface area contributed by atoms with Crippen LogP contribution in [0.3, 0.4) is 0 Å². The van der Waals surface area contributed by atoms with Gasteiger partial charge < -0.3 is 4.90 Å². The third-order valence-electron chi connectivity index (χ3n) is 8.96. The number of nitrogens with zero attached hydrogens (tertiary/aromatic N) is 2. The molecule has 0 radical (unpaired) electrons. The van der Waals surface area contributed by atoms with E-state index >= 15 is 4.39 Å². The lowest BCUT2D eigenvalue weighted by Gasteiger charge is -2.41. The minimum atomic E-state index is -1.28. The molecule has 0 amide bonds. The van der Waals surface area contributed by atoms with Crippen molar-refractivity contribution < 1.29 is 9.18 Å². The minimum absolute atomic E-state index is 0.152. The summed E-state index contributed by atoms with van der Waals surface area (Å²) in [4.78, 5) is 17.5. The molecule has 1 aliphatic carbocycles. The number of hydrogen-bond acceptors (Lipinski definition) is 3. The van der Waals surface area contributed by atoms with Crippen molar-refractivity contribution in [3.05, 3.63) is 69.7 Å². The van der Waals surface area contributed by atoms with Gasteiger partial charge in [-0.1, -0.05) is 61.2 Å². The molecule has 2 unspecified atom stereocenters. The van der Waals surface area contributed by atoms with E-state index in [1.54, 1.807) is 6.92 Å². The SMILES string of the molecule is CC(=O)C(c1cccc(C)c1C1CCCCC1)N(C)CCC(c1cccc(Cl)c1)C1(F)CCN(C)CC1. The van der Waals surface area contributed by atoms with Crippen molar-refractivity contribution in [1.82, 2.24) is 9.80 Å². The number of benzene rings is 2. The molecule has 0 N–H and O–H groups in total. The van der Waals surface area contributed by atoms with Crippen LogP contribution in [-0.4, -0.2) is 55.0 Å². The Morgan fingerprint density at radius 3 is 2.46 bits per heavy atom. The Bertz CT molecular complexity index is 1060. The van der Waals surface area contributed by atoms with Gasteiger partial charge in [0.15, 0.2) is 5.78 Å². The fraction of sp³-hybridized carbons (Fsp3) is 0.594. The third kappa shape index (κ3) is 6.64. The van der Waals surface area contributed by atoms with Crippen LogP contribution in [0, 0.1) is 6.92 Å². The highest BCUT2D eigenvalue weighted by molar-refractivity contribution is 6.30. The first kappa shape index (κ1) is 28.3. The highest BCUT2D eigenvalue weighted by Crippen LogP contribution is 2.44. The molecule has 2 atom stereocenters. The molecule has 1 heterocycles. The molecule has 37 heavy (non-hydrogen) atoms. The van der Waals surface area contributed by atoms with Crippen LogP contribution >= 0.6 is 11.6 Å². The van der Waals surface area contributed by atoms with E-state index in [4.69, 9.17) is 11.6 Å². The Labute approximate surface area is 228 Å². The summed E-state index contributed by atoms with van der Waals surface area (Å²) >= 11 is 6.35. The van der Waals surface area contributed by atoms with E-state index < -0.39 is 5.67 Å². The van der Waals surface area contributed by atoms with Crippen LogP contribution in [-0.2, 0) is 4.79 Å². The summed E-state index contributed by atoms with van der Waals surface area (Å²) in [6, 6.07) is 13.8. The zero-order valence-corrected chi connectivity index (χ0v) is 23.9. The summed E-state index contributed by atoms with van der Waals surface area (Å²) in [6.07, 6.45) is 7.89. The van der Waals surface area contributed by atoms with Crippen molar-refractivity contribution in [2.45, 2.75) is 88.8 Å². The Morgan fingerprint density at radius 2 is 1.81 bits per heavy atom. The number of likely N-dealkylation sites (N-methyl/N-ethyl adjacent to an activating group) is 1. The van der Waals surface area contributed by atoms with Gasteiger partial charge in [-0.05, 0) is 107 Å². The molecule has 2 aliphatic rings. The second-order valence-corrected chi connectivity index (χ2v) is 12.1. The van der Waals surface area contributed by atoms with Crippen LogP contribution in [0.15, 0.2) is 42.5 Å². The number of piperidine rings is 1. The van der Waals surface area contributed by atoms with Crippen LogP contribution in [0.1, 0.15) is 98.4 Å². The summed E-state index contributed by atoms with van der Waals surface area (Å²) < 4.78 is 16.6. The Morgan fingerprint density at radius 1 is 1.14 bits per heavy atom. The molecular formula is C32H44ClFN2O. The monoisotopic (exact) mass is 526 g/mol. The second-order valence-electron chi connectivity index (χ2n) is 11.6. The molecule has 2 aromatic carbocycles. The first-order valence-corrected chi connectivity index (χ1v) is 14.5. The van der Waals surface area contributed by atoms with Gasteiger partial charge in [-0.2, -0.15) is 0 Å². The maximum atomic E-state index is 16.6. The molecule has 1 saturated heterocycles. The zero-order valence-electron chi connectivity index (χ0n) is 23.1. The van der Waals surface area contributed by atoms with Gasteiger partial charge in [0.2, 0.25) is 0 Å². The maximum absolute atomic E-state index is 16.6. The van der Waals surface area contributed by atoms with Crippen molar-refractivity contribution in [2.24, 2.45) is 0 Å². The Kier molecular flexibility index (Phi) is 9.48. The number of carbonyl (C=O) groups excluding carboxylic acids is 1. The van der Waals surface area contributed by atoms with Crippen molar-refractivity contribution in [2.75, 3.05) is 33.7 Å². The fourth-order valence-corrected chi connectivity index (χ4v) is 7.10. The van der Waals surface area contributed by atoms with Gasteiger partial charge in [-0.3, -0.25) is 9.69 Å². The van der Waals surface area contributed by atoms with E-state index in [2.05, 4.69) is 42.0 Å². The lowest BCUT2D eigenvalue weighted by atomic mass is 9.75. The van der Waals surface area contributed by atoms with Crippen LogP contribution in [0.4, 0.5) is 4.39 Å². The van der Waals surface area contributed by atoms with Gasteiger partial charge >= 0.3 is 0 Å². The van der Waals surface area contributed by atoms with Crippen LogP contribution in [0.25, 0.3) is 0 Å². The number of halogens is 2. The number of likely N-dealkylation sites (tertiary alicyclic amines) is 1. The topological polar surface area (TPSA) is 23.6 Å². The lowest BCUT2D eigenvalue weighted by molar-refractivity contribution is -0.122. The number of rotatable bonds is 9. The van der Waals surface area contributed by atoms with Gasteiger partial charge in [0.25, 0.3) is 0 Å². The van der Waals surface area contributed by atoms with E-state index in [-0.39, 0.29) is 17.7 Å². The summed E-state index contributed by atoms with van der Waals surface area (Å²) in [5.74, 6) is 0.414. The summed E-state index contributed by atoms with van der Waals surface area (Å²) in [6.45, 7) is 6.05. The van der Waals surface area contributed by atoms with Crippen LogP contribution in [0.5, 0.6) is 0 Å². The van der Waals surface area contributed by atoms with Crippen LogP contribution < -0.4 is 0 Å². The summed E-state index contributed by atoms with van der Waals surface area (Å²) in [5.41, 5.74) is 3.49. The number of carbonyl (C=O) groups is 1. The van der Waals surface area contributed by atoms with Crippen molar-refractivity contribution in [1.29, 1.82) is 0 Å².